The zero-order valence-electron chi connectivity index (χ0n) is 15.6. The number of hydrogen-bond acceptors (Lipinski definition) is 5. The molecule has 0 fully saturated rings. The molecule has 4 N–H and O–H groups in total. The molecule has 2 rings (SSSR count). The lowest BCUT2D eigenvalue weighted by atomic mass is 10.1. The molecule has 0 heterocycles. The highest BCUT2D eigenvalue weighted by molar-refractivity contribution is 5.95. The zero-order valence-corrected chi connectivity index (χ0v) is 15.6. The smallest absolute Gasteiger partial charge is 0.411 e. The van der Waals surface area contributed by atoms with E-state index in [-0.39, 0.29) is 5.91 Å². The Labute approximate surface area is 159 Å². The van der Waals surface area contributed by atoms with Crippen LogP contribution < -0.4 is 16.4 Å². The summed E-state index contributed by atoms with van der Waals surface area (Å²) in [6.07, 6.45) is -0.0519. The second-order valence-electron chi connectivity index (χ2n) is 6.43. The number of hydrogen-bond donors (Lipinski definition) is 3. The molecule has 0 aliphatic carbocycles. The van der Waals surface area contributed by atoms with Crippen LogP contribution in [0, 0.1) is 0 Å². The Bertz CT molecular complexity index is 733. The van der Waals surface area contributed by atoms with Gasteiger partial charge in [-0.25, -0.2) is 4.79 Å². The van der Waals surface area contributed by atoms with E-state index < -0.39 is 12.1 Å². The van der Waals surface area contributed by atoms with Crippen LogP contribution in [0.15, 0.2) is 54.6 Å². The third-order valence-corrected chi connectivity index (χ3v) is 3.81. The molecule has 0 unspecified atom stereocenters. The first kappa shape index (κ1) is 20.4. The highest BCUT2D eigenvalue weighted by Gasteiger charge is 2.14. The molecule has 0 saturated carbocycles. The van der Waals surface area contributed by atoms with Crippen molar-refractivity contribution < 1.29 is 14.3 Å². The van der Waals surface area contributed by atoms with Crippen molar-refractivity contribution in [3.05, 3.63) is 60.2 Å². The first-order valence-corrected chi connectivity index (χ1v) is 8.73. The first-order chi connectivity index (χ1) is 12.9. The van der Waals surface area contributed by atoms with Crippen LogP contribution in [0.3, 0.4) is 0 Å². The second kappa shape index (κ2) is 10.3. The van der Waals surface area contributed by atoms with Crippen LogP contribution in [0.25, 0.3) is 0 Å². The molecule has 0 bridgehead atoms. The van der Waals surface area contributed by atoms with E-state index in [1.165, 1.54) is 0 Å². The molecule has 0 radical (unpaired) electrons. The molecular formula is C20H26N4O3. The number of nitrogens with zero attached hydrogens (tertiary/aromatic N) is 1. The number of nitrogens with one attached hydrogen (secondary N) is 2. The maximum atomic E-state index is 12.2. The Kier molecular flexibility index (Phi) is 7.79. The van der Waals surface area contributed by atoms with Crippen molar-refractivity contribution in [1.82, 2.24) is 4.90 Å². The number of rotatable bonds is 8. The van der Waals surface area contributed by atoms with Gasteiger partial charge in [-0.15, -0.1) is 0 Å². The SMILES string of the molecule is CN(C)CCOC(=O)Nc1ccc(NC(=O)[C@@H](N)Cc2ccccc2)cc1. The molecule has 7 heteroatoms. The fraction of sp³-hybridized carbons (Fsp3) is 0.300. The summed E-state index contributed by atoms with van der Waals surface area (Å²) >= 11 is 0. The summed E-state index contributed by atoms with van der Waals surface area (Å²) in [6, 6.07) is 15.7. The van der Waals surface area contributed by atoms with Gasteiger partial charge in [0.25, 0.3) is 0 Å². The molecule has 27 heavy (non-hydrogen) atoms. The summed E-state index contributed by atoms with van der Waals surface area (Å²) in [6.45, 7) is 0.966. The standard InChI is InChI=1S/C20H26N4O3/c1-24(2)12-13-27-20(26)23-17-10-8-16(9-11-17)22-19(25)18(21)14-15-6-4-3-5-7-15/h3-11,18H,12-14,21H2,1-2H3,(H,22,25)(H,23,26)/t18-/m0/s1. The summed E-state index contributed by atoms with van der Waals surface area (Å²) < 4.78 is 5.06. The minimum absolute atomic E-state index is 0.261. The van der Waals surface area contributed by atoms with E-state index in [1.54, 1.807) is 24.3 Å². The summed E-state index contributed by atoms with van der Waals surface area (Å²) in [4.78, 5) is 25.8. The third kappa shape index (κ3) is 7.47. The Balaban J connectivity index is 1.80. The van der Waals surface area contributed by atoms with E-state index in [0.717, 1.165) is 5.56 Å². The van der Waals surface area contributed by atoms with Crippen LogP contribution in [0.4, 0.5) is 16.2 Å². The third-order valence-electron chi connectivity index (χ3n) is 3.81. The molecule has 144 valence electrons. The van der Waals surface area contributed by atoms with Gasteiger partial charge in [-0.3, -0.25) is 10.1 Å². The van der Waals surface area contributed by atoms with Crippen LogP contribution >= 0.6 is 0 Å². The van der Waals surface area contributed by atoms with E-state index in [1.807, 2.05) is 49.3 Å². The van der Waals surface area contributed by atoms with E-state index in [2.05, 4.69) is 10.6 Å². The van der Waals surface area contributed by atoms with Gasteiger partial charge in [0, 0.05) is 17.9 Å². The topological polar surface area (TPSA) is 96.7 Å². The van der Waals surface area contributed by atoms with Crippen molar-refractivity contribution in [2.24, 2.45) is 5.73 Å². The minimum Gasteiger partial charge on any atom is -0.448 e. The van der Waals surface area contributed by atoms with Crippen LogP contribution in [-0.2, 0) is 16.0 Å². The average molecular weight is 370 g/mol. The van der Waals surface area contributed by atoms with Crippen molar-refractivity contribution >= 4 is 23.4 Å². The van der Waals surface area contributed by atoms with E-state index in [9.17, 15) is 9.59 Å². The fourth-order valence-electron chi connectivity index (χ4n) is 2.31. The van der Waals surface area contributed by atoms with Crippen LogP contribution in [0.5, 0.6) is 0 Å². The van der Waals surface area contributed by atoms with Gasteiger partial charge in [-0.2, -0.15) is 0 Å². The zero-order chi connectivity index (χ0) is 19.6. The number of anilines is 2. The normalized spacial score (nSPS) is 11.7. The molecule has 0 saturated heterocycles. The van der Waals surface area contributed by atoms with E-state index >= 15 is 0 Å². The van der Waals surface area contributed by atoms with Crippen molar-refractivity contribution in [3.8, 4) is 0 Å². The Morgan fingerprint density at radius 3 is 2.19 bits per heavy atom. The molecule has 2 amide bonds. The summed E-state index contributed by atoms with van der Waals surface area (Å²) in [5.41, 5.74) is 8.17. The lowest BCUT2D eigenvalue weighted by molar-refractivity contribution is -0.117. The van der Waals surface area contributed by atoms with Crippen molar-refractivity contribution in [2.75, 3.05) is 37.9 Å². The van der Waals surface area contributed by atoms with Gasteiger partial charge in [0.05, 0.1) is 6.04 Å². The van der Waals surface area contributed by atoms with Crippen molar-refractivity contribution in [2.45, 2.75) is 12.5 Å². The number of benzene rings is 2. The highest BCUT2D eigenvalue weighted by Crippen LogP contribution is 2.14. The summed E-state index contributed by atoms with van der Waals surface area (Å²) in [7, 11) is 3.81. The lowest BCUT2D eigenvalue weighted by Gasteiger charge is -2.13. The fourth-order valence-corrected chi connectivity index (χ4v) is 2.31. The molecule has 7 nitrogen and oxygen atoms in total. The van der Waals surface area contributed by atoms with Crippen molar-refractivity contribution in [1.29, 1.82) is 0 Å². The molecular weight excluding hydrogens is 344 g/mol. The van der Waals surface area contributed by atoms with Gasteiger partial charge in [0.15, 0.2) is 0 Å². The minimum atomic E-state index is -0.642. The first-order valence-electron chi connectivity index (χ1n) is 8.73. The van der Waals surface area contributed by atoms with Gasteiger partial charge in [-0.1, -0.05) is 30.3 Å². The summed E-state index contributed by atoms with van der Waals surface area (Å²) in [5.74, 6) is -0.261. The molecule has 1 atom stereocenters. The van der Waals surface area contributed by atoms with E-state index in [0.29, 0.717) is 30.9 Å². The largest absolute Gasteiger partial charge is 0.448 e. The lowest BCUT2D eigenvalue weighted by Crippen LogP contribution is -2.37. The summed E-state index contributed by atoms with van der Waals surface area (Å²) in [5, 5.41) is 5.41. The Morgan fingerprint density at radius 2 is 1.59 bits per heavy atom. The molecule has 2 aromatic rings. The van der Waals surface area contributed by atoms with Crippen molar-refractivity contribution in [3.63, 3.8) is 0 Å². The monoisotopic (exact) mass is 370 g/mol. The average Bonchev–Trinajstić information content (AvgIpc) is 2.63. The van der Waals surface area contributed by atoms with E-state index in [4.69, 9.17) is 10.5 Å². The predicted octanol–water partition coefficient (Wildman–Crippen LogP) is 2.31. The molecule has 2 aromatic carbocycles. The molecule has 0 aliphatic rings. The van der Waals surface area contributed by atoms with Gasteiger partial charge in [0.1, 0.15) is 6.61 Å². The van der Waals surface area contributed by atoms with Gasteiger partial charge in [-0.05, 0) is 50.3 Å². The number of carbonyl (C=O) groups excluding carboxylic acids is 2. The molecule has 0 aromatic heterocycles. The Hall–Kier alpha value is -2.90. The number of nitrogens with two attached hydrogens (primary N) is 1. The van der Waals surface area contributed by atoms with Gasteiger partial charge in [0.2, 0.25) is 5.91 Å². The Morgan fingerprint density at radius 1 is 1.00 bits per heavy atom. The molecule has 0 aliphatic heterocycles. The number of ether oxygens (including phenoxy) is 1. The second-order valence-corrected chi connectivity index (χ2v) is 6.43. The molecule has 0 spiro atoms. The maximum Gasteiger partial charge on any atom is 0.411 e. The van der Waals surface area contributed by atoms with Crippen LogP contribution in [-0.4, -0.2) is 50.2 Å². The van der Waals surface area contributed by atoms with Crippen LogP contribution in [0.1, 0.15) is 5.56 Å². The van der Waals surface area contributed by atoms with Crippen LogP contribution in [0.2, 0.25) is 0 Å². The maximum absolute atomic E-state index is 12.2. The quantitative estimate of drug-likeness (QED) is 0.663. The predicted molar refractivity (Wildman–Crippen MR) is 107 cm³/mol. The number of carbonyl (C=O) groups is 2. The van der Waals surface area contributed by atoms with Gasteiger partial charge >= 0.3 is 6.09 Å². The number of likely N-dealkylation sites (N-methyl/N-ethyl adjacent to an activating group) is 1. The highest BCUT2D eigenvalue weighted by atomic mass is 16.5. The van der Waals surface area contributed by atoms with Gasteiger partial charge < -0.3 is 20.7 Å². The number of amides is 2.